The Morgan fingerprint density at radius 2 is 2.29 bits per heavy atom. The molecule has 0 spiro atoms. The predicted octanol–water partition coefficient (Wildman–Crippen LogP) is 0.849. The van der Waals surface area contributed by atoms with Crippen molar-refractivity contribution in [3.8, 4) is 0 Å². The molecule has 0 amide bonds. The van der Waals surface area contributed by atoms with E-state index >= 15 is 0 Å². The molecule has 114 valence electrons. The summed E-state index contributed by atoms with van der Waals surface area (Å²) < 4.78 is 10.1. The molecular weight excluding hydrogens is 274 g/mol. The minimum Gasteiger partial charge on any atom is -0.461 e. The first kappa shape index (κ1) is 14.3. The maximum Gasteiger partial charge on any atom is 0.313 e. The van der Waals surface area contributed by atoms with Crippen LogP contribution in [0.25, 0.3) is 0 Å². The van der Waals surface area contributed by atoms with Crippen LogP contribution in [-0.4, -0.2) is 53.6 Å². The number of ketones is 1. The van der Waals surface area contributed by atoms with Gasteiger partial charge in [0.15, 0.2) is 12.4 Å². The number of furan rings is 1. The molecule has 0 unspecified atom stereocenters. The van der Waals surface area contributed by atoms with Crippen LogP contribution in [0.5, 0.6) is 0 Å². The summed E-state index contributed by atoms with van der Waals surface area (Å²) in [6.45, 7) is -0.352. The van der Waals surface area contributed by atoms with Crippen molar-refractivity contribution in [3.05, 3.63) is 24.2 Å². The van der Waals surface area contributed by atoms with Gasteiger partial charge in [0.05, 0.1) is 18.3 Å². The first-order valence-corrected chi connectivity index (χ1v) is 7.21. The number of fused-ring (bicyclic) bond motifs is 2. The highest BCUT2D eigenvalue weighted by Crippen LogP contribution is 2.38. The fraction of sp³-hybridized carbons (Fsp3) is 0.600. The molecule has 1 aromatic rings. The molecule has 2 aliphatic rings. The fourth-order valence-electron chi connectivity index (χ4n) is 3.50. The van der Waals surface area contributed by atoms with Crippen LogP contribution < -0.4 is 0 Å². The Morgan fingerprint density at radius 1 is 1.48 bits per heavy atom. The van der Waals surface area contributed by atoms with Crippen LogP contribution in [0, 0.1) is 5.92 Å². The van der Waals surface area contributed by atoms with Crippen LogP contribution in [0.3, 0.4) is 0 Å². The molecule has 2 bridgehead atoms. The second-order valence-corrected chi connectivity index (χ2v) is 5.80. The molecule has 2 fully saturated rings. The Labute approximate surface area is 122 Å². The highest BCUT2D eigenvalue weighted by molar-refractivity contribution is 5.95. The number of nitrogens with zero attached hydrogens (tertiary/aromatic N) is 1. The van der Waals surface area contributed by atoms with Crippen LogP contribution in [0.2, 0.25) is 0 Å². The molecule has 4 atom stereocenters. The Bertz CT molecular complexity index is 526. The smallest absolute Gasteiger partial charge is 0.313 e. The maximum atomic E-state index is 12.2. The largest absolute Gasteiger partial charge is 0.461 e. The second-order valence-electron chi connectivity index (χ2n) is 5.80. The molecule has 21 heavy (non-hydrogen) atoms. The van der Waals surface area contributed by atoms with Crippen LogP contribution >= 0.6 is 0 Å². The first-order chi connectivity index (χ1) is 10.1. The second kappa shape index (κ2) is 5.61. The number of hydrogen-bond acceptors (Lipinski definition) is 6. The zero-order valence-corrected chi connectivity index (χ0v) is 11.9. The predicted molar refractivity (Wildman–Crippen MR) is 72.7 cm³/mol. The lowest BCUT2D eigenvalue weighted by molar-refractivity contribution is -0.157. The minimum absolute atomic E-state index is 0.00460. The van der Waals surface area contributed by atoms with Crippen molar-refractivity contribution in [2.75, 3.05) is 13.7 Å². The monoisotopic (exact) mass is 293 g/mol. The Balaban J connectivity index is 1.61. The van der Waals surface area contributed by atoms with Gasteiger partial charge in [-0.3, -0.25) is 14.5 Å². The van der Waals surface area contributed by atoms with Gasteiger partial charge in [-0.1, -0.05) is 0 Å². The number of piperidine rings is 1. The number of carbonyl (C=O) groups excluding carboxylic acids is 2. The van der Waals surface area contributed by atoms with Gasteiger partial charge in [-0.2, -0.15) is 0 Å². The molecule has 2 saturated heterocycles. The number of aliphatic hydroxyl groups is 1. The van der Waals surface area contributed by atoms with Crippen molar-refractivity contribution in [3.63, 3.8) is 0 Å². The third kappa shape index (κ3) is 2.61. The molecule has 0 saturated carbocycles. The summed E-state index contributed by atoms with van der Waals surface area (Å²) in [5.41, 5.74) is 0. The van der Waals surface area contributed by atoms with E-state index in [0.29, 0.717) is 12.5 Å². The number of carbonyl (C=O) groups is 2. The number of rotatable bonds is 4. The van der Waals surface area contributed by atoms with Gasteiger partial charge in [0.25, 0.3) is 0 Å². The average Bonchev–Trinajstić information content (AvgIpc) is 3.06. The third-order valence-electron chi connectivity index (χ3n) is 4.65. The van der Waals surface area contributed by atoms with Gasteiger partial charge in [0.2, 0.25) is 5.78 Å². The Kier molecular flexibility index (Phi) is 3.82. The standard InChI is InChI=1S/C15H19NO5/c1-16-9-4-5-10(16)14(11(17)7-9)15(19)21-8-12(18)13-3-2-6-20-13/h2-3,6,9-11,14,17H,4-5,7-8H2,1H3/t9-,10+,11-,14+/m0/s1. The quantitative estimate of drug-likeness (QED) is 0.655. The van der Waals surface area contributed by atoms with Gasteiger partial charge in [0, 0.05) is 12.1 Å². The zero-order valence-electron chi connectivity index (χ0n) is 11.9. The van der Waals surface area contributed by atoms with Crippen molar-refractivity contribution in [2.45, 2.75) is 37.5 Å². The van der Waals surface area contributed by atoms with E-state index in [4.69, 9.17) is 9.15 Å². The normalized spacial score (nSPS) is 32.1. The summed E-state index contributed by atoms with van der Waals surface area (Å²) in [7, 11) is 1.97. The molecule has 0 aliphatic carbocycles. The SMILES string of the molecule is CN1[C@H]2CC[C@@H]1[C@@H](C(=O)OCC(=O)c1ccco1)[C@@H](O)C2. The number of esters is 1. The summed E-state index contributed by atoms with van der Waals surface area (Å²) >= 11 is 0. The van der Waals surface area contributed by atoms with Gasteiger partial charge < -0.3 is 14.3 Å². The van der Waals surface area contributed by atoms with Gasteiger partial charge in [0.1, 0.15) is 0 Å². The van der Waals surface area contributed by atoms with Gasteiger partial charge in [-0.15, -0.1) is 0 Å². The first-order valence-electron chi connectivity index (χ1n) is 7.21. The van der Waals surface area contributed by atoms with E-state index in [9.17, 15) is 14.7 Å². The molecule has 0 aromatic carbocycles. The highest BCUT2D eigenvalue weighted by atomic mass is 16.5. The molecule has 0 radical (unpaired) electrons. The van der Waals surface area contributed by atoms with Gasteiger partial charge >= 0.3 is 5.97 Å². The molecule has 1 N–H and O–H groups in total. The Morgan fingerprint density at radius 3 is 3.00 bits per heavy atom. The lowest BCUT2D eigenvalue weighted by atomic mass is 9.88. The summed E-state index contributed by atoms with van der Waals surface area (Å²) in [4.78, 5) is 26.1. The van der Waals surface area contributed by atoms with E-state index < -0.39 is 18.0 Å². The number of aliphatic hydroxyl groups excluding tert-OH is 1. The van der Waals surface area contributed by atoms with E-state index in [0.717, 1.165) is 12.8 Å². The van der Waals surface area contributed by atoms with E-state index in [1.165, 1.54) is 12.3 Å². The summed E-state index contributed by atoms with van der Waals surface area (Å²) in [6, 6.07) is 3.48. The average molecular weight is 293 g/mol. The topological polar surface area (TPSA) is 80.0 Å². The van der Waals surface area contributed by atoms with Crippen molar-refractivity contribution in [1.29, 1.82) is 0 Å². The van der Waals surface area contributed by atoms with E-state index in [1.54, 1.807) is 6.07 Å². The summed E-state index contributed by atoms with van der Waals surface area (Å²) in [5.74, 6) is -1.28. The molecule has 3 heterocycles. The van der Waals surface area contributed by atoms with Crippen molar-refractivity contribution >= 4 is 11.8 Å². The van der Waals surface area contributed by atoms with Gasteiger partial charge in [-0.25, -0.2) is 0 Å². The third-order valence-corrected chi connectivity index (χ3v) is 4.65. The van der Waals surface area contributed by atoms with Crippen LogP contribution in [0.15, 0.2) is 22.8 Å². The van der Waals surface area contributed by atoms with Crippen LogP contribution in [-0.2, 0) is 9.53 Å². The van der Waals surface area contributed by atoms with Crippen LogP contribution in [0.4, 0.5) is 0 Å². The molecule has 6 nitrogen and oxygen atoms in total. The lowest BCUT2D eigenvalue weighted by Gasteiger charge is -2.39. The van der Waals surface area contributed by atoms with Crippen LogP contribution in [0.1, 0.15) is 29.8 Å². The summed E-state index contributed by atoms with van der Waals surface area (Å²) in [5, 5.41) is 10.2. The van der Waals surface area contributed by atoms with Crippen molar-refractivity contribution in [1.82, 2.24) is 4.90 Å². The molecule has 2 aliphatic heterocycles. The fourth-order valence-corrected chi connectivity index (χ4v) is 3.50. The minimum atomic E-state index is -0.690. The van der Waals surface area contributed by atoms with E-state index in [-0.39, 0.29) is 24.2 Å². The Hall–Kier alpha value is -1.66. The molecular formula is C15H19NO5. The van der Waals surface area contributed by atoms with E-state index in [2.05, 4.69) is 4.90 Å². The van der Waals surface area contributed by atoms with Crippen molar-refractivity contribution in [2.24, 2.45) is 5.92 Å². The van der Waals surface area contributed by atoms with Crippen molar-refractivity contribution < 1.29 is 23.8 Å². The number of Topliss-reactive ketones (excluding diaryl/α,β-unsaturated/α-hetero) is 1. The lowest BCUT2D eigenvalue weighted by Crippen LogP contribution is -2.52. The summed E-state index contributed by atoms with van der Waals surface area (Å²) in [6.07, 6.45) is 3.16. The number of hydrogen-bond donors (Lipinski definition) is 1. The molecule has 3 rings (SSSR count). The number of ether oxygens (including phenoxy) is 1. The zero-order chi connectivity index (χ0) is 15.0. The highest BCUT2D eigenvalue weighted by Gasteiger charge is 2.48. The van der Waals surface area contributed by atoms with Gasteiger partial charge in [-0.05, 0) is 38.4 Å². The molecule has 6 heteroatoms. The van der Waals surface area contributed by atoms with E-state index in [1.807, 2.05) is 7.05 Å². The molecule has 1 aromatic heterocycles. The maximum absolute atomic E-state index is 12.2.